The number of methoxy groups -OCH3 is 1. The highest BCUT2D eigenvalue weighted by atomic mass is 35.5. The second-order valence-electron chi connectivity index (χ2n) is 7.82. The smallest absolute Gasteiger partial charge is 0.251 e. The summed E-state index contributed by atoms with van der Waals surface area (Å²) in [5.74, 6) is 1.61. The van der Waals surface area contributed by atoms with E-state index in [9.17, 15) is 4.79 Å². The van der Waals surface area contributed by atoms with Gasteiger partial charge in [-0.3, -0.25) is 9.69 Å². The van der Waals surface area contributed by atoms with Crippen molar-refractivity contribution in [3.63, 3.8) is 0 Å². The first kappa shape index (κ1) is 25.0. The van der Waals surface area contributed by atoms with Gasteiger partial charge < -0.3 is 14.8 Å². The van der Waals surface area contributed by atoms with Gasteiger partial charge in [0.1, 0.15) is 11.5 Å². The summed E-state index contributed by atoms with van der Waals surface area (Å²) in [5.41, 5.74) is 1.86. The van der Waals surface area contributed by atoms with Crippen molar-refractivity contribution < 1.29 is 14.3 Å². The van der Waals surface area contributed by atoms with E-state index in [2.05, 4.69) is 29.3 Å². The van der Waals surface area contributed by atoms with Gasteiger partial charge in [0.15, 0.2) is 0 Å². The Morgan fingerprint density at radius 3 is 2.26 bits per heavy atom. The van der Waals surface area contributed by atoms with Crippen molar-refractivity contribution >= 4 is 18.3 Å². The summed E-state index contributed by atoms with van der Waals surface area (Å²) in [5, 5.41) is 3.13. The molecule has 1 unspecified atom stereocenters. The molecule has 1 aliphatic rings. The van der Waals surface area contributed by atoms with E-state index in [1.165, 1.54) is 31.2 Å². The molecule has 1 amide bonds. The van der Waals surface area contributed by atoms with Crippen LogP contribution < -0.4 is 14.8 Å². The minimum Gasteiger partial charge on any atom is -0.497 e. The van der Waals surface area contributed by atoms with Gasteiger partial charge in [-0.2, -0.15) is 0 Å². The summed E-state index contributed by atoms with van der Waals surface area (Å²) in [6, 6.07) is 15.8. The number of carbonyl (C=O) groups excluding carboxylic acids is 1. The number of nitrogens with one attached hydrogen (secondary N) is 1. The highest BCUT2D eigenvalue weighted by Gasteiger charge is 2.24. The number of carbonyl (C=O) groups is 1. The van der Waals surface area contributed by atoms with Gasteiger partial charge in [-0.1, -0.05) is 31.9 Å². The lowest BCUT2D eigenvalue weighted by molar-refractivity contribution is 0.0938. The van der Waals surface area contributed by atoms with Crippen LogP contribution in [0, 0.1) is 0 Å². The topological polar surface area (TPSA) is 50.8 Å². The normalized spacial score (nSPS) is 14.5. The highest BCUT2D eigenvalue weighted by Crippen LogP contribution is 2.26. The van der Waals surface area contributed by atoms with Crippen LogP contribution in [0.15, 0.2) is 48.5 Å². The zero-order chi connectivity index (χ0) is 21.2. The van der Waals surface area contributed by atoms with E-state index in [4.69, 9.17) is 9.47 Å². The largest absolute Gasteiger partial charge is 0.497 e. The third-order valence-electron chi connectivity index (χ3n) is 5.67. The van der Waals surface area contributed by atoms with Crippen LogP contribution in [-0.2, 0) is 0 Å². The summed E-state index contributed by atoms with van der Waals surface area (Å²) in [4.78, 5) is 15.2. The molecule has 1 saturated heterocycles. The molecule has 1 aliphatic heterocycles. The van der Waals surface area contributed by atoms with Gasteiger partial charge in [0, 0.05) is 12.1 Å². The van der Waals surface area contributed by atoms with E-state index in [-0.39, 0.29) is 24.4 Å². The maximum atomic E-state index is 12.7. The molecule has 1 heterocycles. The second-order valence-corrected chi connectivity index (χ2v) is 7.82. The molecule has 6 heteroatoms. The van der Waals surface area contributed by atoms with Crippen LogP contribution in [0.5, 0.6) is 11.5 Å². The number of benzene rings is 2. The quantitative estimate of drug-likeness (QED) is 0.479. The van der Waals surface area contributed by atoms with Crippen LogP contribution in [0.25, 0.3) is 0 Å². The lowest BCUT2D eigenvalue weighted by Crippen LogP contribution is -2.36. The first-order chi connectivity index (χ1) is 14.7. The van der Waals surface area contributed by atoms with Crippen molar-refractivity contribution in [1.29, 1.82) is 0 Å². The predicted molar refractivity (Wildman–Crippen MR) is 128 cm³/mol. The Hall–Kier alpha value is -2.24. The molecule has 0 bridgehead atoms. The fourth-order valence-electron chi connectivity index (χ4n) is 3.87. The number of nitrogens with zero attached hydrogens (tertiary/aromatic N) is 1. The molecule has 1 N–H and O–H groups in total. The van der Waals surface area contributed by atoms with E-state index in [0.29, 0.717) is 12.1 Å². The summed E-state index contributed by atoms with van der Waals surface area (Å²) >= 11 is 0. The van der Waals surface area contributed by atoms with E-state index in [1.54, 1.807) is 7.11 Å². The van der Waals surface area contributed by atoms with Gasteiger partial charge in [-0.25, -0.2) is 0 Å². The molecular weight excluding hydrogens is 412 g/mol. The molecule has 0 spiro atoms. The maximum Gasteiger partial charge on any atom is 0.251 e. The summed E-state index contributed by atoms with van der Waals surface area (Å²) in [7, 11) is 1.68. The van der Waals surface area contributed by atoms with Crippen molar-refractivity contribution in [2.75, 3.05) is 33.4 Å². The van der Waals surface area contributed by atoms with E-state index < -0.39 is 0 Å². The monoisotopic (exact) mass is 446 g/mol. The molecule has 1 atom stereocenters. The third-order valence-corrected chi connectivity index (χ3v) is 5.67. The number of halogens is 1. The lowest BCUT2D eigenvalue weighted by Gasteiger charge is -2.28. The third kappa shape index (κ3) is 7.44. The Morgan fingerprint density at radius 2 is 1.65 bits per heavy atom. The summed E-state index contributed by atoms with van der Waals surface area (Å²) < 4.78 is 11.0. The summed E-state index contributed by atoms with van der Waals surface area (Å²) in [6.45, 7) is 5.61. The molecule has 31 heavy (non-hydrogen) atoms. The van der Waals surface area contributed by atoms with Crippen LogP contribution in [0.1, 0.15) is 61.0 Å². The van der Waals surface area contributed by atoms with E-state index in [1.807, 2.05) is 36.4 Å². The van der Waals surface area contributed by atoms with Crippen LogP contribution in [0.4, 0.5) is 0 Å². The Morgan fingerprint density at radius 1 is 1.00 bits per heavy atom. The van der Waals surface area contributed by atoms with Gasteiger partial charge in [0.05, 0.1) is 19.8 Å². The average Bonchev–Trinajstić information content (AvgIpc) is 3.32. The van der Waals surface area contributed by atoms with Crippen molar-refractivity contribution in [1.82, 2.24) is 10.2 Å². The SMILES string of the molecule is CCCCCOc1ccc(C(=O)NCC(c2ccc(OC)cc2)N2CCCC2)cc1.Cl. The van der Waals surface area contributed by atoms with Gasteiger partial charge in [-0.15, -0.1) is 12.4 Å². The zero-order valence-electron chi connectivity index (χ0n) is 18.6. The van der Waals surface area contributed by atoms with Gasteiger partial charge >= 0.3 is 0 Å². The molecule has 170 valence electrons. The maximum absolute atomic E-state index is 12.7. The number of hydrogen-bond donors (Lipinski definition) is 1. The van der Waals surface area contributed by atoms with E-state index in [0.717, 1.165) is 37.6 Å². The van der Waals surface area contributed by atoms with Crippen LogP contribution in [0.2, 0.25) is 0 Å². The molecule has 0 saturated carbocycles. The fraction of sp³-hybridized carbons (Fsp3) is 0.480. The molecule has 0 aliphatic carbocycles. The average molecular weight is 447 g/mol. The highest BCUT2D eigenvalue weighted by molar-refractivity contribution is 5.94. The number of amides is 1. The minimum atomic E-state index is -0.0507. The molecule has 1 fully saturated rings. The fourth-order valence-corrected chi connectivity index (χ4v) is 3.87. The van der Waals surface area contributed by atoms with Crippen LogP contribution in [-0.4, -0.2) is 44.2 Å². The molecule has 5 nitrogen and oxygen atoms in total. The number of likely N-dealkylation sites (tertiary alicyclic amines) is 1. The van der Waals surface area contributed by atoms with Gasteiger partial charge in [-0.05, 0) is 74.3 Å². The van der Waals surface area contributed by atoms with Crippen LogP contribution >= 0.6 is 12.4 Å². The standard InChI is InChI=1S/C25H34N2O3.ClH/c1-3-4-7-18-30-23-14-10-21(11-15-23)25(28)26-19-24(27-16-5-6-17-27)20-8-12-22(29-2)13-9-20;/h8-15,24H,3-7,16-19H2,1-2H3,(H,26,28);1H. The summed E-state index contributed by atoms with van der Waals surface area (Å²) in [6.07, 6.45) is 5.83. The Bertz CT molecular complexity index is 774. The van der Waals surface area contributed by atoms with Crippen molar-refractivity contribution in [2.45, 2.75) is 45.1 Å². The van der Waals surface area contributed by atoms with E-state index >= 15 is 0 Å². The Balaban J connectivity index is 0.00000341. The van der Waals surface area contributed by atoms with Crippen molar-refractivity contribution in [3.05, 3.63) is 59.7 Å². The molecule has 0 radical (unpaired) electrons. The molecule has 3 rings (SSSR count). The minimum absolute atomic E-state index is 0. The van der Waals surface area contributed by atoms with Crippen LogP contribution in [0.3, 0.4) is 0 Å². The Kier molecular flexibility index (Phi) is 10.7. The predicted octanol–water partition coefficient (Wildman–Crippen LogP) is 5.25. The number of rotatable bonds is 11. The number of hydrogen-bond acceptors (Lipinski definition) is 4. The Labute approximate surface area is 192 Å². The van der Waals surface area contributed by atoms with Gasteiger partial charge in [0.2, 0.25) is 0 Å². The lowest BCUT2D eigenvalue weighted by atomic mass is 10.0. The number of unbranched alkanes of at least 4 members (excludes halogenated alkanes) is 2. The molecule has 2 aromatic rings. The molecule has 0 aromatic heterocycles. The zero-order valence-corrected chi connectivity index (χ0v) is 19.5. The van der Waals surface area contributed by atoms with Crippen molar-refractivity contribution in [2.24, 2.45) is 0 Å². The second kappa shape index (κ2) is 13.2. The van der Waals surface area contributed by atoms with Crippen molar-refractivity contribution in [3.8, 4) is 11.5 Å². The first-order valence-corrected chi connectivity index (χ1v) is 11.1. The number of ether oxygens (including phenoxy) is 2. The molecule has 2 aromatic carbocycles. The molecular formula is C25H35ClN2O3. The first-order valence-electron chi connectivity index (χ1n) is 11.1. The van der Waals surface area contributed by atoms with Gasteiger partial charge in [0.25, 0.3) is 5.91 Å².